The van der Waals surface area contributed by atoms with E-state index in [4.69, 9.17) is 16.1 Å². The molecule has 5 heteroatoms. The van der Waals surface area contributed by atoms with Crippen LogP contribution in [-0.4, -0.2) is 21.0 Å². The van der Waals surface area contributed by atoms with E-state index in [9.17, 15) is 0 Å². The van der Waals surface area contributed by atoms with Gasteiger partial charge in [-0.2, -0.15) is 4.98 Å². The van der Waals surface area contributed by atoms with Crippen molar-refractivity contribution in [1.82, 2.24) is 15.1 Å². The molecular formula is C11H12ClN3O. The van der Waals surface area contributed by atoms with E-state index in [1.807, 2.05) is 26.0 Å². The van der Waals surface area contributed by atoms with Gasteiger partial charge in [0.25, 0.3) is 0 Å². The molecule has 4 nitrogen and oxygen atoms in total. The topological polar surface area (TPSA) is 51.8 Å². The second-order valence-electron chi connectivity index (χ2n) is 3.59. The van der Waals surface area contributed by atoms with Crippen LogP contribution in [0.25, 0.3) is 11.4 Å². The molecule has 0 saturated heterocycles. The van der Waals surface area contributed by atoms with Crippen LogP contribution in [-0.2, 0) is 6.42 Å². The van der Waals surface area contributed by atoms with Crippen LogP contribution in [0.3, 0.4) is 0 Å². The number of alkyl halides is 1. The van der Waals surface area contributed by atoms with Crippen LogP contribution in [0.15, 0.2) is 16.7 Å². The van der Waals surface area contributed by atoms with Crippen LogP contribution in [0.2, 0.25) is 0 Å². The molecule has 0 aliphatic rings. The molecular weight excluding hydrogens is 226 g/mol. The molecule has 2 heterocycles. The second-order valence-corrected chi connectivity index (χ2v) is 3.97. The lowest BCUT2D eigenvalue weighted by Gasteiger charge is -1.98. The van der Waals surface area contributed by atoms with Crippen LogP contribution < -0.4 is 0 Å². The zero-order chi connectivity index (χ0) is 11.5. The predicted molar refractivity (Wildman–Crippen MR) is 61.4 cm³/mol. The molecule has 0 spiro atoms. The van der Waals surface area contributed by atoms with Gasteiger partial charge in [0, 0.05) is 29.3 Å². The Morgan fingerprint density at radius 2 is 1.88 bits per heavy atom. The third kappa shape index (κ3) is 2.39. The monoisotopic (exact) mass is 237 g/mol. The molecule has 16 heavy (non-hydrogen) atoms. The maximum absolute atomic E-state index is 5.60. The molecule has 84 valence electrons. The number of pyridine rings is 1. The molecule has 0 radical (unpaired) electrons. The third-order valence-electron chi connectivity index (χ3n) is 2.12. The summed E-state index contributed by atoms with van der Waals surface area (Å²) in [6.07, 6.45) is 0.595. The first kappa shape index (κ1) is 11.1. The Bertz CT molecular complexity index is 475. The fourth-order valence-electron chi connectivity index (χ4n) is 1.52. The van der Waals surface area contributed by atoms with Crippen LogP contribution in [0.4, 0.5) is 0 Å². The van der Waals surface area contributed by atoms with Gasteiger partial charge in [0.2, 0.25) is 11.7 Å². The van der Waals surface area contributed by atoms with Crippen molar-refractivity contribution in [1.29, 1.82) is 0 Å². The Morgan fingerprint density at radius 1 is 1.19 bits per heavy atom. The van der Waals surface area contributed by atoms with E-state index in [1.54, 1.807) is 0 Å². The molecule has 0 bridgehead atoms. The standard InChI is InChI=1S/C11H12ClN3O/c1-7-5-9(6-8(2)13-7)11-14-10(3-4-12)16-15-11/h5-6H,3-4H2,1-2H3. The highest BCUT2D eigenvalue weighted by atomic mass is 35.5. The molecule has 0 amide bonds. The number of nitrogens with zero attached hydrogens (tertiary/aromatic N) is 3. The highest BCUT2D eigenvalue weighted by molar-refractivity contribution is 6.17. The zero-order valence-electron chi connectivity index (χ0n) is 9.20. The van der Waals surface area contributed by atoms with Gasteiger partial charge >= 0.3 is 0 Å². The highest BCUT2D eigenvalue weighted by Gasteiger charge is 2.09. The van der Waals surface area contributed by atoms with Crippen molar-refractivity contribution in [3.8, 4) is 11.4 Å². The normalized spacial score (nSPS) is 10.7. The lowest BCUT2D eigenvalue weighted by molar-refractivity contribution is 0.383. The summed E-state index contributed by atoms with van der Waals surface area (Å²) >= 11 is 5.60. The molecule has 0 N–H and O–H groups in total. The van der Waals surface area contributed by atoms with Crippen molar-refractivity contribution in [2.75, 3.05) is 5.88 Å². The largest absolute Gasteiger partial charge is 0.339 e. The Morgan fingerprint density at radius 3 is 2.50 bits per heavy atom. The number of hydrogen-bond acceptors (Lipinski definition) is 4. The quantitative estimate of drug-likeness (QED) is 0.770. The first-order valence-corrected chi connectivity index (χ1v) is 5.56. The maximum atomic E-state index is 5.60. The molecule has 0 fully saturated rings. The van der Waals surface area contributed by atoms with Crippen molar-refractivity contribution in [2.24, 2.45) is 0 Å². The molecule has 0 saturated carbocycles. The van der Waals surface area contributed by atoms with Gasteiger partial charge in [0.1, 0.15) is 0 Å². The van der Waals surface area contributed by atoms with Crippen LogP contribution in [0, 0.1) is 13.8 Å². The Hall–Kier alpha value is -1.42. The smallest absolute Gasteiger partial charge is 0.228 e. The van der Waals surface area contributed by atoms with Crippen molar-refractivity contribution >= 4 is 11.6 Å². The molecule has 2 rings (SSSR count). The SMILES string of the molecule is Cc1cc(-c2noc(CCCl)n2)cc(C)n1. The fourth-order valence-corrected chi connectivity index (χ4v) is 1.68. The summed E-state index contributed by atoms with van der Waals surface area (Å²) in [6, 6.07) is 3.87. The summed E-state index contributed by atoms with van der Waals surface area (Å²) < 4.78 is 5.07. The Kier molecular flexibility index (Phi) is 3.19. The number of hydrogen-bond donors (Lipinski definition) is 0. The van der Waals surface area contributed by atoms with Crippen molar-refractivity contribution in [3.63, 3.8) is 0 Å². The minimum absolute atomic E-state index is 0.482. The van der Waals surface area contributed by atoms with Gasteiger partial charge in [-0.1, -0.05) is 5.16 Å². The number of halogens is 1. The molecule has 0 unspecified atom stereocenters. The van der Waals surface area contributed by atoms with Gasteiger partial charge in [-0.15, -0.1) is 11.6 Å². The Labute approximate surface area is 98.7 Å². The molecule has 0 aromatic carbocycles. The van der Waals surface area contributed by atoms with Crippen molar-refractivity contribution in [2.45, 2.75) is 20.3 Å². The molecule has 2 aromatic heterocycles. The van der Waals surface area contributed by atoms with Crippen molar-refractivity contribution < 1.29 is 4.52 Å². The second kappa shape index (κ2) is 4.61. The van der Waals surface area contributed by atoms with E-state index in [0.29, 0.717) is 24.0 Å². The number of aromatic nitrogens is 3. The summed E-state index contributed by atoms with van der Waals surface area (Å²) in [5.41, 5.74) is 2.81. The van der Waals surface area contributed by atoms with E-state index in [-0.39, 0.29) is 0 Å². The summed E-state index contributed by atoms with van der Waals surface area (Å²) in [6.45, 7) is 3.88. The van der Waals surface area contributed by atoms with Crippen molar-refractivity contribution in [3.05, 3.63) is 29.4 Å². The van der Waals surface area contributed by atoms with Crippen LogP contribution >= 0.6 is 11.6 Å². The minimum Gasteiger partial charge on any atom is -0.339 e. The minimum atomic E-state index is 0.482. The first-order chi connectivity index (χ1) is 7.69. The average Bonchev–Trinajstić information content (AvgIpc) is 2.65. The van der Waals surface area contributed by atoms with Crippen LogP contribution in [0.5, 0.6) is 0 Å². The summed E-state index contributed by atoms with van der Waals surface area (Å²) in [7, 11) is 0. The van der Waals surface area contributed by atoms with Gasteiger partial charge in [0.05, 0.1) is 0 Å². The average molecular weight is 238 g/mol. The molecule has 0 atom stereocenters. The van der Waals surface area contributed by atoms with E-state index < -0.39 is 0 Å². The first-order valence-electron chi connectivity index (χ1n) is 5.03. The van der Waals surface area contributed by atoms with Gasteiger partial charge in [-0.25, -0.2) is 0 Å². The zero-order valence-corrected chi connectivity index (χ0v) is 9.95. The third-order valence-corrected chi connectivity index (χ3v) is 2.31. The lowest BCUT2D eigenvalue weighted by Crippen LogP contribution is -1.90. The molecule has 0 aliphatic carbocycles. The van der Waals surface area contributed by atoms with E-state index in [2.05, 4.69) is 15.1 Å². The fraction of sp³-hybridized carbons (Fsp3) is 0.364. The summed E-state index contributed by atoms with van der Waals surface area (Å²) in [5.74, 6) is 1.64. The molecule has 0 aliphatic heterocycles. The van der Waals surface area contributed by atoms with E-state index in [1.165, 1.54) is 0 Å². The van der Waals surface area contributed by atoms with Gasteiger partial charge in [0.15, 0.2) is 0 Å². The summed E-state index contributed by atoms with van der Waals surface area (Å²) in [5, 5.41) is 3.91. The highest BCUT2D eigenvalue weighted by Crippen LogP contribution is 2.17. The van der Waals surface area contributed by atoms with Gasteiger partial charge < -0.3 is 4.52 Å². The van der Waals surface area contributed by atoms with Gasteiger partial charge in [-0.05, 0) is 26.0 Å². The van der Waals surface area contributed by atoms with E-state index >= 15 is 0 Å². The van der Waals surface area contributed by atoms with Crippen LogP contribution in [0.1, 0.15) is 17.3 Å². The predicted octanol–water partition coefficient (Wildman–Crippen LogP) is 2.53. The number of aryl methyl sites for hydroxylation is 3. The Balaban J connectivity index is 2.34. The summed E-state index contributed by atoms with van der Waals surface area (Å²) in [4.78, 5) is 8.56. The lowest BCUT2D eigenvalue weighted by atomic mass is 10.2. The number of rotatable bonds is 3. The maximum Gasteiger partial charge on any atom is 0.228 e. The van der Waals surface area contributed by atoms with E-state index in [0.717, 1.165) is 17.0 Å². The molecule has 2 aromatic rings. The van der Waals surface area contributed by atoms with Gasteiger partial charge in [-0.3, -0.25) is 4.98 Å².